The Morgan fingerprint density at radius 2 is 1.78 bits per heavy atom. The fourth-order valence-corrected chi connectivity index (χ4v) is 5.63. The Bertz CT molecular complexity index is 1670. The van der Waals surface area contributed by atoms with E-state index in [9.17, 15) is 14.4 Å². The number of carbonyl (C=O) groups is 2. The van der Waals surface area contributed by atoms with Crippen LogP contribution in [0.3, 0.4) is 0 Å². The van der Waals surface area contributed by atoms with Crippen LogP contribution in [0.4, 0.5) is 5.69 Å². The number of benzene rings is 3. The summed E-state index contributed by atoms with van der Waals surface area (Å²) in [5, 5.41) is 0.783. The number of para-hydroxylation sites is 1. The Kier molecular flexibility index (Phi) is 4.92. The maximum atomic E-state index is 14.4. The van der Waals surface area contributed by atoms with Crippen LogP contribution in [0.2, 0.25) is 5.02 Å². The fraction of sp³-hybridized carbons (Fsp3) is 0.138. The van der Waals surface area contributed by atoms with E-state index in [1.54, 1.807) is 53.4 Å². The van der Waals surface area contributed by atoms with Gasteiger partial charge in [0, 0.05) is 23.7 Å². The molecule has 178 valence electrons. The molecule has 2 aliphatic heterocycles. The number of rotatable bonds is 4. The number of fused-ring (bicyclic) bond motifs is 5. The molecule has 3 heterocycles. The molecule has 7 heteroatoms. The van der Waals surface area contributed by atoms with Gasteiger partial charge < -0.3 is 14.2 Å². The molecule has 0 aliphatic carbocycles. The summed E-state index contributed by atoms with van der Waals surface area (Å²) in [7, 11) is 0. The second-order valence-electron chi connectivity index (χ2n) is 9.05. The first-order valence-corrected chi connectivity index (χ1v) is 11.9. The van der Waals surface area contributed by atoms with Gasteiger partial charge in [-0.05, 0) is 36.8 Å². The van der Waals surface area contributed by atoms with E-state index in [0.29, 0.717) is 32.8 Å². The second-order valence-corrected chi connectivity index (χ2v) is 9.46. The molecule has 3 aromatic carbocycles. The number of hydrogen-bond acceptors (Lipinski definition) is 4. The van der Waals surface area contributed by atoms with Crippen molar-refractivity contribution in [3.8, 4) is 0 Å². The van der Waals surface area contributed by atoms with Crippen molar-refractivity contribution in [3.63, 3.8) is 0 Å². The summed E-state index contributed by atoms with van der Waals surface area (Å²) in [5.41, 5.74) is 0.951. The van der Waals surface area contributed by atoms with Crippen LogP contribution in [-0.2, 0) is 16.9 Å². The van der Waals surface area contributed by atoms with Crippen LogP contribution in [0.5, 0.6) is 0 Å². The van der Waals surface area contributed by atoms with Gasteiger partial charge >= 0.3 is 0 Å². The topological polar surface area (TPSA) is 70.8 Å². The zero-order valence-corrected chi connectivity index (χ0v) is 20.2. The Hall–Kier alpha value is -4.16. The zero-order valence-electron chi connectivity index (χ0n) is 19.5. The molecular weight excluding hydrogens is 476 g/mol. The predicted octanol–water partition coefficient (Wildman–Crippen LogP) is 5.19. The van der Waals surface area contributed by atoms with Crippen LogP contribution in [-0.4, -0.2) is 23.3 Å². The molecule has 0 bridgehead atoms. The largest absolute Gasteiger partial charge is 0.450 e. The first-order chi connectivity index (χ1) is 17.4. The predicted molar refractivity (Wildman–Crippen MR) is 138 cm³/mol. The lowest BCUT2D eigenvalue weighted by Gasteiger charge is -2.34. The molecular formula is C29H21ClN2O4. The average molecular weight is 497 g/mol. The minimum atomic E-state index is -1.69. The minimum absolute atomic E-state index is 0.0134. The number of aryl methyl sites for hydroxylation is 1. The van der Waals surface area contributed by atoms with Gasteiger partial charge in [0.1, 0.15) is 5.58 Å². The van der Waals surface area contributed by atoms with Crippen molar-refractivity contribution in [1.82, 2.24) is 4.90 Å². The Morgan fingerprint density at radius 1 is 1.03 bits per heavy atom. The lowest BCUT2D eigenvalue weighted by atomic mass is 9.83. The van der Waals surface area contributed by atoms with Gasteiger partial charge in [0.2, 0.25) is 5.76 Å². The normalized spacial score (nSPS) is 18.3. The summed E-state index contributed by atoms with van der Waals surface area (Å²) in [6, 6.07) is 19.6. The highest BCUT2D eigenvalue weighted by Crippen LogP contribution is 2.53. The van der Waals surface area contributed by atoms with E-state index in [1.807, 2.05) is 31.2 Å². The number of halogens is 1. The van der Waals surface area contributed by atoms with E-state index in [1.165, 1.54) is 4.90 Å². The molecule has 1 spiro atoms. The fourth-order valence-electron chi connectivity index (χ4n) is 5.43. The molecule has 6 rings (SSSR count). The molecule has 1 atom stereocenters. The summed E-state index contributed by atoms with van der Waals surface area (Å²) in [6.07, 6.45) is 1.62. The van der Waals surface area contributed by atoms with Crippen molar-refractivity contribution in [2.75, 3.05) is 11.4 Å². The summed E-state index contributed by atoms with van der Waals surface area (Å²) < 4.78 is 6.08. The molecule has 0 radical (unpaired) electrons. The van der Waals surface area contributed by atoms with Crippen LogP contribution in [0.25, 0.3) is 11.0 Å². The first kappa shape index (κ1) is 22.3. The number of anilines is 1. The summed E-state index contributed by atoms with van der Waals surface area (Å²) in [5.74, 6) is -1.05. The molecule has 0 saturated carbocycles. The van der Waals surface area contributed by atoms with Crippen molar-refractivity contribution in [3.05, 3.63) is 123 Å². The third kappa shape index (κ3) is 2.82. The van der Waals surface area contributed by atoms with Crippen LogP contribution in [0.1, 0.15) is 32.8 Å². The zero-order chi connectivity index (χ0) is 25.2. The molecule has 2 aliphatic rings. The Labute approximate surface area is 212 Å². The maximum Gasteiger partial charge on any atom is 0.291 e. The van der Waals surface area contributed by atoms with E-state index in [-0.39, 0.29) is 24.4 Å². The molecule has 2 amide bonds. The molecule has 1 unspecified atom stereocenters. The average Bonchev–Trinajstić information content (AvgIpc) is 3.26. The van der Waals surface area contributed by atoms with Gasteiger partial charge in [-0.3, -0.25) is 14.4 Å². The Morgan fingerprint density at radius 3 is 2.56 bits per heavy atom. The van der Waals surface area contributed by atoms with Crippen LogP contribution >= 0.6 is 11.6 Å². The Balaban J connectivity index is 1.72. The van der Waals surface area contributed by atoms with Crippen molar-refractivity contribution in [1.29, 1.82) is 0 Å². The third-order valence-electron chi connectivity index (χ3n) is 6.99. The molecule has 1 aromatic heterocycles. The second kappa shape index (κ2) is 7.93. The standard InChI is InChI=1S/C29H21ClN2O4/c1-3-14-31-22-11-7-5-9-20(22)29(28(31)35)24-25(33)19-15-17(2)12-13-23(19)36-26(24)27(34)32(29)16-18-8-4-6-10-21(18)30/h3-13,15H,1,14,16H2,2H3. The highest BCUT2D eigenvalue weighted by atomic mass is 35.5. The van der Waals surface area contributed by atoms with E-state index in [4.69, 9.17) is 16.0 Å². The van der Waals surface area contributed by atoms with Gasteiger partial charge in [-0.2, -0.15) is 0 Å². The van der Waals surface area contributed by atoms with Crippen LogP contribution < -0.4 is 10.3 Å². The van der Waals surface area contributed by atoms with Gasteiger partial charge in [-0.15, -0.1) is 6.58 Å². The number of nitrogens with zero attached hydrogens (tertiary/aromatic N) is 2. The quantitative estimate of drug-likeness (QED) is 0.365. The summed E-state index contributed by atoms with van der Waals surface area (Å²) in [6.45, 7) is 5.91. The first-order valence-electron chi connectivity index (χ1n) is 11.5. The van der Waals surface area contributed by atoms with E-state index in [0.717, 1.165) is 5.56 Å². The third-order valence-corrected chi connectivity index (χ3v) is 7.36. The van der Waals surface area contributed by atoms with Gasteiger partial charge in [0.15, 0.2) is 11.0 Å². The highest BCUT2D eigenvalue weighted by molar-refractivity contribution is 6.31. The number of hydrogen-bond donors (Lipinski definition) is 0. The molecule has 6 nitrogen and oxygen atoms in total. The highest BCUT2D eigenvalue weighted by Gasteiger charge is 2.64. The minimum Gasteiger partial charge on any atom is -0.450 e. The molecule has 36 heavy (non-hydrogen) atoms. The van der Waals surface area contributed by atoms with E-state index in [2.05, 4.69) is 6.58 Å². The van der Waals surface area contributed by atoms with Crippen molar-refractivity contribution in [2.45, 2.75) is 19.0 Å². The summed E-state index contributed by atoms with van der Waals surface area (Å²) >= 11 is 6.47. The SMILES string of the molecule is C=CCN1C(=O)C2(c3ccccc31)c1c(oc3ccc(C)cc3c1=O)C(=O)N2Cc1ccccc1Cl. The lowest BCUT2D eigenvalue weighted by Crippen LogP contribution is -2.53. The summed E-state index contributed by atoms with van der Waals surface area (Å²) in [4.78, 5) is 45.5. The lowest BCUT2D eigenvalue weighted by molar-refractivity contribution is -0.126. The van der Waals surface area contributed by atoms with E-state index < -0.39 is 22.8 Å². The monoisotopic (exact) mass is 496 g/mol. The van der Waals surface area contributed by atoms with Gasteiger partial charge in [-0.1, -0.05) is 65.7 Å². The molecule has 4 aromatic rings. The van der Waals surface area contributed by atoms with Gasteiger partial charge in [0.05, 0.1) is 16.6 Å². The maximum absolute atomic E-state index is 14.4. The van der Waals surface area contributed by atoms with Gasteiger partial charge in [0.25, 0.3) is 11.8 Å². The van der Waals surface area contributed by atoms with Crippen LogP contribution in [0.15, 0.2) is 88.6 Å². The van der Waals surface area contributed by atoms with E-state index >= 15 is 0 Å². The van der Waals surface area contributed by atoms with Crippen molar-refractivity contribution >= 4 is 40.1 Å². The smallest absolute Gasteiger partial charge is 0.291 e. The van der Waals surface area contributed by atoms with Crippen LogP contribution in [0, 0.1) is 6.92 Å². The number of amides is 2. The van der Waals surface area contributed by atoms with Crippen molar-refractivity contribution in [2.24, 2.45) is 0 Å². The van der Waals surface area contributed by atoms with Gasteiger partial charge in [-0.25, -0.2) is 0 Å². The molecule has 0 N–H and O–H groups in total. The molecule has 0 fully saturated rings. The number of carbonyl (C=O) groups excluding carboxylic acids is 2. The van der Waals surface area contributed by atoms with Crippen molar-refractivity contribution < 1.29 is 14.0 Å². The molecule has 0 saturated heterocycles.